The van der Waals surface area contributed by atoms with Crippen molar-refractivity contribution in [2.75, 3.05) is 6.61 Å². The van der Waals surface area contributed by atoms with Crippen molar-refractivity contribution in [1.82, 2.24) is 20.1 Å². The van der Waals surface area contributed by atoms with Gasteiger partial charge in [0, 0.05) is 36.6 Å². The van der Waals surface area contributed by atoms with Crippen LogP contribution in [0.3, 0.4) is 0 Å². The smallest absolute Gasteiger partial charge is 0.392 e. The molecular weight excluding hydrogens is 503 g/mol. The third-order valence-corrected chi connectivity index (χ3v) is 6.19. The average molecular weight is 532 g/mol. The number of rotatable bonds is 9. The highest BCUT2D eigenvalue weighted by Gasteiger charge is 2.28. The third-order valence-electron chi connectivity index (χ3n) is 6.19. The number of primary amides is 1. The Bertz CT molecular complexity index is 1290. The summed E-state index contributed by atoms with van der Waals surface area (Å²) < 4.78 is 50.6. The maximum atomic E-state index is 13.1. The van der Waals surface area contributed by atoms with Crippen LogP contribution >= 0.6 is 0 Å². The Kier molecular flexibility index (Phi) is 8.18. The van der Waals surface area contributed by atoms with Gasteiger partial charge in [0.15, 0.2) is 0 Å². The molecule has 12 heteroatoms. The second-order valence-corrected chi connectivity index (χ2v) is 9.15. The van der Waals surface area contributed by atoms with Crippen molar-refractivity contribution in [3.63, 3.8) is 0 Å². The van der Waals surface area contributed by atoms with Crippen molar-refractivity contribution >= 4 is 11.8 Å². The molecule has 2 heterocycles. The van der Waals surface area contributed by atoms with E-state index >= 15 is 0 Å². The van der Waals surface area contributed by atoms with Crippen LogP contribution in [0.1, 0.15) is 52.8 Å². The van der Waals surface area contributed by atoms with Crippen LogP contribution in [0, 0.1) is 0 Å². The maximum Gasteiger partial charge on any atom is 0.392 e. The first-order valence-corrected chi connectivity index (χ1v) is 12.1. The van der Waals surface area contributed by atoms with Crippen LogP contribution < -0.4 is 20.5 Å². The molecule has 1 aliphatic rings. The lowest BCUT2D eigenvalue weighted by Gasteiger charge is -2.29. The number of ether oxygens (including phenoxy) is 2. The van der Waals surface area contributed by atoms with Crippen molar-refractivity contribution in [2.45, 2.75) is 50.4 Å². The number of nitrogens with zero attached hydrogens (tertiary/aromatic N) is 3. The van der Waals surface area contributed by atoms with Crippen LogP contribution in [0.25, 0.3) is 11.1 Å². The van der Waals surface area contributed by atoms with E-state index in [2.05, 4.69) is 15.4 Å². The average Bonchev–Trinajstić information content (AvgIpc) is 3.31. The van der Waals surface area contributed by atoms with Gasteiger partial charge in [-0.3, -0.25) is 14.3 Å². The van der Waals surface area contributed by atoms with E-state index in [0.717, 1.165) is 0 Å². The Balaban J connectivity index is 1.40. The Labute approximate surface area is 217 Å². The number of hydrogen-bond donors (Lipinski definition) is 2. The van der Waals surface area contributed by atoms with Gasteiger partial charge in [0.1, 0.15) is 17.4 Å². The van der Waals surface area contributed by atoms with E-state index in [1.807, 2.05) is 0 Å². The predicted octanol–water partition coefficient (Wildman–Crippen LogP) is 4.03. The molecule has 1 saturated carbocycles. The third kappa shape index (κ3) is 7.24. The number of nitrogens with one attached hydrogen (secondary N) is 1. The number of nitrogens with two attached hydrogens (primary N) is 1. The van der Waals surface area contributed by atoms with Crippen molar-refractivity contribution in [3.8, 4) is 22.8 Å². The first-order chi connectivity index (χ1) is 18.1. The fourth-order valence-electron chi connectivity index (χ4n) is 4.26. The standard InChI is InChI=1S/C26H28F3N5O4/c1-34-15-18(14-32-34)16-11-17(13-21(12-16)37-10-8-26(27,28)29)24(36)33-19-4-6-20(7-5-19)38-25-22(23(30)35)3-2-9-31-25/h2-3,9,11-15,19-20H,4-8,10H2,1H3,(H2,30,35)(H,33,36). The van der Waals surface area contributed by atoms with Crippen LogP contribution in [0.2, 0.25) is 0 Å². The molecule has 0 unspecified atom stereocenters. The van der Waals surface area contributed by atoms with Gasteiger partial charge in [0.2, 0.25) is 5.88 Å². The van der Waals surface area contributed by atoms with Crippen LogP contribution in [-0.2, 0) is 7.05 Å². The summed E-state index contributed by atoms with van der Waals surface area (Å²) in [5.41, 5.74) is 7.17. The number of benzene rings is 1. The number of alkyl halides is 3. The topological polar surface area (TPSA) is 121 Å². The number of carbonyl (C=O) groups excluding carboxylic acids is 2. The summed E-state index contributed by atoms with van der Waals surface area (Å²) in [5, 5.41) is 7.12. The molecule has 2 aromatic heterocycles. The molecule has 0 atom stereocenters. The lowest BCUT2D eigenvalue weighted by molar-refractivity contribution is -0.139. The minimum absolute atomic E-state index is 0.127. The summed E-state index contributed by atoms with van der Waals surface area (Å²) in [6, 6.07) is 7.71. The molecular formula is C26H28F3N5O4. The van der Waals surface area contributed by atoms with E-state index in [-0.39, 0.29) is 40.8 Å². The lowest BCUT2D eigenvalue weighted by Crippen LogP contribution is -2.39. The van der Waals surface area contributed by atoms with Crippen LogP contribution in [0.5, 0.6) is 11.6 Å². The quantitative estimate of drug-likeness (QED) is 0.430. The molecule has 0 spiro atoms. The zero-order valence-corrected chi connectivity index (χ0v) is 20.7. The minimum Gasteiger partial charge on any atom is -0.493 e. The Hall–Kier alpha value is -4.09. The van der Waals surface area contributed by atoms with Crippen molar-refractivity contribution in [3.05, 3.63) is 60.0 Å². The van der Waals surface area contributed by atoms with E-state index in [1.54, 1.807) is 48.4 Å². The molecule has 3 N–H and O–H groups in total. The van der Waals surface area contributed by atoms with Gasteiger partial charge in [-0.25, -0.2) is 4.98 Å². The molecule has 1 aromatic carbocycles. The van der Waals surface area contributed by atoms with Gasteiger partial charge in [0.25, 0.3) is 11.8 Å². The molecule has 0 aliphatic heterocycles. The number of amides is 2. The number of halogens is 3. The predicted molar refractivity (Wildman–Crippen MR) is 132 cm³/mol. The number of hydrogen-bond acceptors (Lipinski definition) is 6. The molecule has 4 rings (SSSR count). The summed E-state index contributed by atoms with van der Waals surface area (Å²) in [6.07, 6.45) is 1.75. The highest BCUT2D eigenvalue weighted by Crippen LogP contribution is 2.29. The van der Waals surface area contributed by atoms with E-state index in [9.17, 15) is 22.8 Å². The SMILES string of the molecule is Cn1cc(-c2cc(OCCC(F)(F)F)cc(C(=O)NC3CCC(Oc4ncccc4C(N)=O)CC3)c2)cn1. The summed E-state index contributed by atoms with van der Waals surface area (Å²) in [6.45, 7) is -0.557. The second kappa shape index (κ2) is 11.5. The molecule has 202 valence electrons. The highest BCUT2D eigenvalue weighted by molar-refractivity contribution is 5.96. The maximum absolute atomic E-state index is 13.1. The van der Waals surface area contributed by atoms with E-state index < -0.39 is 25.1 Å². The normalized spacial score (nSPS) is 17.6. The first-order valence-electron chi connectivity index (χ1n) is 12.1. The summed E-state index contributed by atoms with van der Waals surface area (Å²) in [5.74, 6) is -0.623. The van der Waals surface area contributed by atoms with Gasteiger partial charge >= 0.3 is 6.18 Å². The number of aromatic nitrogens is 3. The largest absolute Gasteiger partial charge is 0.493 e. The van der Waals surface area contributed by atoms with Gasteiger partial charge in [-0.2, -0.15) is 18.3 Å². The monoisotopic (exact) mass is 531 g/mol. The van der Waals surface area contributed by atoms with Gasteiger partial charge in [-0.1, -0.05) is 0 Å². The van der Waals surface area contributed by atoms with Gasteiger partial charge in [-0.15, -0.1) is 0 Å². The molecule has 9 nitrogen and oxygen atoms in total. The Morgan fingerprint density at radius 3 is 2.58 bits per heavy atom. The van der Waals surface area contributed by atoms with E-state index in [4.69, 9.17) is 15.2 Å². The van der Waals surface area contributed by atoms with E-state index in [1.165, 1.54) is 12.3 Å². The molecule has 1 fully saturated rings. The van der Waals surface area contributed by atoms with Crippen LogP contribution in [-0.4, -0.2) is 51.5 Å². The van der Waals surface area contributed by atoms with Crippen molar-refractivity contribution in [2.24, 2.45) is 12.8 Å². The lowest BCUT2D eigenvalue weighted by atomic mass is 9.92. The molecule has 38 heavy (non-hydrogen) atoms. The summed E-state index contributed by atoms with van der Waals surface area (Å²) in [4.78, 5) is 28.8. The number of aryl methyl sites for hydroxylation is 1. The first kappa shape index (κ1) is 27.0. The molecule has 0 radical (unpaired) electrons. The second-order valence-electron chi connectivity index (χ2n) is 9.15. The van der Waals surface area contributed by atoms with Gasteiger partial charge in [0.05, 0.1) is 19.2 Å². The molecule has 0 saturated heterocycles. The molecule has 1 aliphatic carbocycles. The number of carbonyl (C=O) groups is 2. The highest BCUT2D eigenvalue weighted by atomic mass is 19.4. The summed E-state index contributed by atoms with van der Waals surface area (Å²) >= 11 is 0. The summed E-state index contributed by atoms with van der Waals surface area (Å²) in [7, 11) is 1.74. The molecule has 3 aromatic rings. The zero-order chi connectivity index (χ0) is 27.3. The zero-order valence-electron chi connectivity index (χ0n) is 20.7. The minimum atomic E-state index is -4.35. The van der Waals surface area contributed by atoms with Gasteiger partial charge in [-0.05, 0) is 61.6 Å². The van der Waals surface area contributed by atoms with Crippen LogP contribution in [0.15, 0.2) is 48.9 Å². The fourth-order valence-corrected chi connectivity index (χ4v) is 4.26. The van der Waals surface area contributed by atoms with Crippen LogP contribution in [0.4, 0.5) is 13.2 Å². The Morgan fingerprint density at radius 2 is 1.92 bits per heavy atom. The molecule has 0 bridgehead atoms. The fraction of sp³-hybridized carbons (Fsp3) is 0.385. The number of pyridine rings is 1. The Morgan fingerprint density at radius 1 is 1.16 bits per heavy atom. The van der Waals surface area contributed by atoms with E-state index in [0.29, 0.717) is 36.8 Å². The molecule has 2 amide bonds. The van der Waals surface area contributed by atoms with Gasteiger partial charge < -0.3 is 20.5 Å². The van der Waals surface area contributed by atoms with Crippen molar-refractivity contribution in [1.29, 1.82) is 0 Å². The van der Waals surface area contributed by atoms with Crippen molar-refractivity contribution < 1.29 is 32.2 Å².